The van der Waals surface area contributed by atoms with Crippen molar-refractivity contribution in [1.29, 1.82) is 0 Å². The van der Waals surface area contributed by atoms with Crippen LogP contribution < -0.4 is 0 Å². The van der Waals surface area contributed by atoms with Crippen molar-refractivity contribution in [2.45, 2.75) is 4.90 Å². The van der Waals surface area contributed by atoms with Crippen LogP contribution in [-0.2, 0) is 14.8 Å². The molecule has 1 N–H and O–H groups in total. The normalized spacial score (nSPS) is 11.6. The summed E-state index contributed by atoms with van der Waals surface area (Å²) in [5, 5.41) is 1.20. The van der Waals surface area contributed by atoms with Gasteiger partial charge in [-0.15, -0.1) is 0 Å². The van der Waals surface area contributed by atoms with Gasteiger partial charge in [-0.25, -0.2) is 22.2 Å². The first kappa shape index (κ1) is 23.2. The maximum absolute atomic E-state index is 13.2. The minimum absolute atomic E-state index is 0.149. The van der Waals surface area contributed by atoms with Gasteiger partial charge in [-0.2, -0.15) is 0 Å². The number of pyridine rings is 1. The first-order chi connectivity index (χ1) is 16.8. The monoisotopic (exact) mass is 525 g/mol. The lowest BCUT2D eigenvalue weighted by molar-refractivity contribution is 0.0602. The van der Waals surface area contributed by atoms with E-state index in [1.54, 1.807) is 54.6 Å². The second-order valence-corrected chi connectivity index (χ2v) is 10.2. The molecule has 0 unspecified atom stereocenters. The molecular weight excluding hydrogens is 509 g/mol. The largest absolute Gasteiger partial charge is 0.465 e. The zero-order chi connectivity index (χ0) is 24.7. The number of halogens is 2. The number of esters is 1. The third-order valence-corrected chi connectivity index (χ3v) is 8.09. The van der Waals surface area contributed by atoms with Crippen LogP contribution in [0.3, 0.4) is 0 Å². The molecule has 0 bridgehead atoms. The second kappa shape index (κ2) is 8.88. The lowest BCUT2D eigenvalue weighted by Crippen LogP contribution is -2.12. The fraction of sp³-hybridized carbons (Fsp3) is 0.0400. The van der Waals surface area contributed by atoms with Crippen LogP contribution in [0, 0.1) is 0 Å². The number of aromatic nitrogens is 3. The number of hydrogen-bond acceptors (Lipinski definition) is 5. The Bertz CT molecular complexity index is 1690. The predicted octanol–water partition coefficient (Wildman–Crippen LogP) is 6.03. The fourth-order valence-electron chi connectivity index (χ4n) is 3.93. The summed E-state index contributed by atoms with van der Waals surface area (Å²) in [7, 11) is -2.57. The molecule has 0 radical (unpaired) electrons. The number of ether oxygens (including phenoxy) is 1. The Morgan fingerprint density at radius 2 is 1.77 bits per heavy atom. The average molecular weight is 526 g/mol. The summed E-state index contributed by atoms with van der Waals surface area (Å²) in [6, 6.07) is 18.3. The standard InChI is InChI=1S/C25H17Cl2N3O4S/c1-34-25(31)19-14-21(29-23(19)18-8-5-9-20(26)22(18)27)16-10-12-28-24-17(16)11-13-30(24)35(32,33)15-6-3-2-4-7-15/h2-14,29H,1H3. The zero-order valence-electron chi connectivity index (χ0n) is 18.2. The van der Waals surface area contributed by atoms with Gasteiger partial charge in [0.1, 0.15) is 0 Å². The Kier molecular flexibility index (Phi) is 5.88. The summed E-state index contributed by atoms with van der Waals surface area (Å²) in [5.74, 6) is -0.562. The van der Waals surface area contributed by atoms with E-state index < -0.39 is 16.0 Å². The minimum atomic E-state index is -3.86. The van der Waals surface area contributed by atoms with E-state index in [4.69, 9.17) is 27.9 Å². The van der Waals surface area contributed by atoms with E-state index in [2.05, 4.69) is 9.97 Å². The van der Waals surface area contributed by atoms with E-state index in [0.29, 0.717) is 32.9 Å². The number of H-pyrrole nitrogens is 1. The van der Waals surface area contributed by atoms with E-state index in [0.717, 1.165) is 3.97 Å². The Hall–Kier alpha value is -3.59. The molecule has 3 aromatic heterocycles. The minimum Gasteiger partial charge on any atom is -0.465 e. The van der Waals surface area contributed by atoms with Gasteiger partial charge in [0.2, 0.25) is 0 Å². The van der Waals surface area contributed by atoms with Gasteiger partial charge in [0.25, 0.3) is 10.0 Å². The van der Waals surface area contributed by atoms with Crippen LogP contribution >= 0.6 is 23.2 Å². The number of methoxy groups -OCH3 is 1. The third-order valence-electron chi connectivity index (χ3n) is 5.59. The quantitative estimate of drug-likeness (QED) is 0.282. The van der Waals surface area contributed by atoms with Crippen molar-refractivity contribution in [3.63, 3.8) is 0 Å². The van der Waals surface area contributed by atoms with Crippen LogP contribution in [0.25, 0.3) is 33.5 Å². The van der Waals surface area contributed by atoms with Crippen molar-refractivity contribution in [2.75, 3.05) is 7.11 Å². The molecule has 0 fully saturated rings. The van der Waals surface area contributed by atoms with Crippen LogP contribution in [0.2, 0.25) is 10.0 Å². The Morgan fingerprint density at radius 1 is 1.00 bits per heavy atom. The van der Waals surface area contributed by atoms with Crippen LogP contribution in [0.1, 0.15) is 10.4 Å². The van der Waals surface area contributed by atoms with Crippen molar-refractivity contribution in [1.82, 2.24) is 13.9 Å². The van der Waals surface area contributed by atoms with E-state index in [1.165, 1.54) is 31.6 Å². The summed E-state index contributed by atoms with van der Waals surface area (Å²) in [6.45, 7) is 0. The molecular formula is C25H17Cl2N3O4S. The van der Waals surface area contributed by atoms with Gasteiger partial charge in [0.15, 0.2) is 5.65 Å². The first-order valence-electron chi connectivity index (χ1n) is 10.4. The molecule has 10 heteroatoms. The van der Waals surface area contributed by atoms with Gasteiger partial charge >= 0.3 is 5.97 Å². The highest BCUT2D eigenvalue weighted by Crippen LogP contribution is 2.38. The fourth-order valence-corrected chi connectivity index (χ4v) is 5.65. The molecule has 176 valence electrons. The topological polar surface area (TPSA) is 94.0 Å². The molecule has 0 amide bonds. The van der Waals surface area contributed by atoms with Crippen LogP contribution in [-0.4, -0.2) is 35.4 Å². The summed E-state index contributed by atoms with van der Waals surface area (Å²) >= 11 is 12.6. The van der Waals surface area contributed by atoms with E-state index >= 15 is 0 Å². The van der Waals surface area contributed by atoms with Crippen molar-refractivity contribution in [3.05, 3.63) is 94.7 Å². The van der Waals surface area contributed by atoms with Gasteiger partial charge < -0.3 is 9.72 Å². The van der Waals surface area contributed by atoms with Crippen molar-refractivity contribution in [3.8, 4) is 22.5 Å². The molecule has 5 rings (SSSR count). The number of carbonyl (C=O) groups excluding carboxylic acids is 1. The van der Waals surface area contributed by atoms with Gasteiger partial charge in [-0.3, -0.25) is 0 Å². The van der Waals surface area contributed by atoms with Crippen molar-refractivity contribution in [2.24, 2.45) is 0 Å². The molecule has 3 heterocycles. The highest BCUT2D eigenvalue weighted by Gasteiger charge is 2.24. The number of carbonyl (C=O) groups is 1. The molecule has 0 saturated heterocycles. The molecule has 0 aliphatic carbocycles. The van der Waals surface area contributed by atoms with E-state index in [-0.39, 0.29) is 21.1 Å². The van der Waals surface area contributed by atoms with Crippen molar-refractivity contribution < 1.29 is 17.9 Å². The number of fused-ring (bicyclic) bond motifs is 1. The van der Waals surface area contributed by atoms with Crippen LogP contribution in [0.4, 0.5) is 0 Å². The molecule has 0 spiro atoms. The maximum atomic E-state index is 13.2. The van der Waals surface area contributed by atoms with E-state index in [1.807, 2.05) is 0 Å². The van der Waals surface area contributed by atoms with Crippen molar-refractivity contribution >= 4 is 50.2 Å². The van der Waals surface area contributed by atoms with Gasteiger partial charge in [-0.05, 0) is 36.4 Å². The number of aromatic amines is 1. The number of benzene rings is 2. The molecule has 0 saturated carbocycles. The second-order valence-electron chi connectivity index (χ2n) is 7.59. The van der Waals surface area contributed by atoms with Gasteiger partial charge in [-0.1, -0.05) is 53.5 Å². The predicted molar refractivity (Wildman–Crippen MR) is 135 cm³/mol. The summed E-state index contributed by atoms with van der Waals surface area (Å²) < 4.78 is 32.6. The smallest absolute Gasteiger partial charge is 0.340 e. The number of rotatable bonds is 5. The van der Waals surface area contributed by atoms with Gasteiger partial charge in [0, 0.05) is 34.6 Å². The summed E-state index contributed by atoms with van der Waals surface area (Å²) in [4.78, 5) is 20.3. The Morgan fingerprint density at radius 3 is 2.51 bits per heavy atom. The highest BCUT2D eigenvalue weighted by molar-refractivity contribution is 7.90. The first-order valence-corrected chi connectivity index (χ1v) is 12.6. The molecule has 0 aliphatic heterocycles. The molecule has 0 aliphatic rings. The lowest BCUT2D eigenvalue weighted by Gasteiger charge is -2.08. The molecule has 7 nitrogen and oxygen atoms in total. The number of nitrogens with zero attached hydrogens (tertiary/aromatic N) is 2. The Balaban J connectivity index is 1.70. The maximum Gasteiger partial charge on any atom is 0.340 e. The Labute approximate surface area is 211 Å². The van der Waals surface area contributed by atoms with E-state index in [9.17, 15) is 13.2 Å². The number of nitrogens with one attached hydrogen (secondary N) is 1. The molecule has 2 aromatic carbocycles. The molecule has 0 atom stereocenters. The lowest BCUT2D eigenvalue weighted by atomic mass is 10.1. The number of hydrogen-bond donors (Lipinski definition) is 1. The average Bonchev–Trinajstić information content (AvgIpc) is 3.51. The summed E-state index contributed by atoms with van der Waals surface area (Å²) in [6.07, 6.45) is 2.97. The summed E-state index contributed by atoms with van der Waals surface area (Å²) in [5.41, 5.74) is 2.67. The third kappa shape index (κ3) is 3.89. The van der Waals surface area contributed by atoms with Crippen LogP contribution in [0.5, 0.6) is 0 Å². The zero-order valence-corrected chi connectivity index (χ0v) is 20.5. The SMILES string of the molecule is COC(=O)c1cc(-c2ccnc3c2ccn3S(=O)(=O)c2ccccc2)[nH]c1-c1cccc(Cl)c1Cl. The highest BCUT2D eigenvalue weighted by atomic mass is 35.5. The van der Waals surface area contributed by atoms with Gasteiger partial charge in [0.05, 0.1) is 33.3 Å². The van der Waals surface area contributed by atoms with Crippen LogP contribution in [0.15, 0.2) is 84.0 Å². The molecule has 35 heavy (non-hydrogen) atoms. The molecule has 5 aromatic rings.